The van der Waals surface area contributed by atoms with Crippen molar-refractivity contribution in [2.75, 3.05) is 32.8 Å². The summed E-state index contributed by atoms with van der Waals surface area (Å²) >= 11 is 0. The van der Waals surface area contributed by atoms with Gasteiger partial charge in [0.05, 0.1) is 25.2 Å². The summed E-state index contributed by atoms with van der Waals surface area (Å²) in [6.07, 6.45) is 9.01. The molecule has 2 saturated heterocycles. The second-order valence-electron chi connectivity index (χ2n) is 11.1. The van der Waals surface area contributed by atoms with Gasteiger partial charge < -0.3 is 29.7 Å². The van der Waals surface area contributed by atoms with E-state index in [2.05, 4.69) is 12.2 Å². The summed E-state index contributed by atoms with van der Waals surface area (Å²) in [6.45, 7) is 2.73. The maximum atomic E-state index is 14.1. The number of nitrogens with one attached hydrogen (secondary N) is 1. The Labute approximate surface area is 240 Å². The number of fused-ring (bicyclic) bond motifs is 2. The van der Waals surface area contributed by atoms with Crippen LogP contribution in [0.4, 0.5) is 0 Å². The summed E-state index contributed by atoms with van der Waals surface area (Å²) in [7, 11) is 0. The molecule has 4 heterocycles. The molecule has 2 N–H and O–H groups in total. The van der Waals surface area contributed by atoms with Crippen LogP contribution < -0.4 is 5.32 Å². The lowest BCUT2D eigenvalue weighted by atomic mass is 9.78. The number of amides is 3. The smallest absolute Gasteiger partial charge is 0.313 e. The number of hydrogen-bond donors (Lipinski definition) is 2. The fraction of sp³-hybridized carbons (Fsp3) is 0.548. The molecule has 220 valence electrons. The third kappa shape index (κ3) is 5.55. The number of aliphatic hydroxyl groups is 1. The van der Waals surface area contributed by atoms with Crippen LogP contribution in [-0.2, 0) is 28.7 Å². The van der Waals surface area contributed by atoms with Gasteiger partial charge in [0.15, 0.2) is 0 Å². The van der Waals surface area contributed by atoms with Crippen molar-refractivity contribution in [3.63, 3.8) is 0 Å². The highest BCUT2D eigenvalue weighted by atomic mass is 16.6. The Hall–Kier alpha value is -3.50. The Morgan fingerprint density at radius 1 is 1.05 bits per heavy atom. The fourth-order valence-corrected chi connectivity index (χ4v) is 6.55. The first-order valence-corrected chi connectivity index (χ1v) is 14.7. The van der Waals surface area contributed by atoms with Crippen molar-refractivity contribution >= 4 is 23.7 Å². The second-order valence-corrected chi connectivity index (χ2v) is 11.1. The van der Waals surface area contributed by atoms with E-state index in [1.54, 1.807) is 23.1 Å². The van der Waals surface area contributed by atoms with Crippen molar-refractivity contribution in [1.29, 1.82) is 0 Å². The number of β-amino-alcohol motifs (C(OH)–C–C–N with tert-alkyl or cyclic N) is 1. The van der Waals surface area contributed by atoms with E-state index in [1.807, 2.05) is 36.4 Å². The van der Waals surface area contributed by atoms with Gasteiger partial charge in [0, 0.05) is 26.1 Å². The maximum absolute atomic E-state index is 14.1. The molecule has 1 aromatic rings. The molecule has 1 aromatic carbocycles. The number of unbranched alkanes of at least 4 members (excludes halogenated alkanes) is 2. The number of rotatable bonds is 7. The van der Waals surface area contributed by atoms with Crippen LogP contribution in [-0.4, -0.2) is 89.1 Å². The summed E-state index contributed by atoms with van der Waals surface area (Å²) < 4.78 is 12.7. The number of likely N-dealkylation sites (tertiary alicyclic amines) is 1. The largest absolute Gasteiger partial charge is 0.455 e. The second kappa shape index (κ2) is 12.6. The van der Waals surface area contributed by atoms with Gasteiger partial charge in [-0.05, 0) is 18.4 Å². The SMILES string of the molecule is CCCCCN1CC=C[C@@]23O[C@H]4/C=C\CCC(=O)NC[C@H](c5ccccc5)OC(=O)[C@H]4[C@@H]2C(=O)N(CCO)[C@H]3C1=O. The van der Waals surface area contributed by atoms with Gasteiger partial charge in [-0.2, -0.15) is 0 Å². The zero-order valence-corrected chi connectivity index (χ0v) is 23.4. The van der Waals surface area contributed by atoms with Crippen molar-refractivity contribution in [2.24, 2.45) is 11.8 Å². The molecule has 2 fully saturated rings. The lowest BCUT2D eigenvalue weighted by molar-refractivity contribution is -0.160. The van der Waals surface area contributed by atoms with Crippen LogP contribution in [0.5, 0.6) is 0 Å². The number of nitrogens with zero attached hydrogens (tertiary/aromatic N) is 2. The van der Waals surface area contributed by atoms with Crippen LogP contribution in [0.3, 0.4) is 0 Å². The van der Waals surface area contributed by atoms with Crippen molar-refractivity contribution in [2.45, 2.75) is 62.9 Å². The Bertz CT molecular complexity index is 1200. The van der Waals surface area contributed by atoms with Crippen LogP contribution >= 0.6 is 0 Å². The number of carbonyl (C=O) groups is 4. The molecule has 0 radical (unpaired) electrons. The number of benzene rings is 1. The molecule has 4 aliphatic heterocycles. The molecule has 0 unspecified atom stereocenters. The van der Waals surface area contributed by atoms with E-state index in [-0.39, 0.29) is 37.9 Å². The van der Waals surface area contributed by atoms with Crippen LogP contribution in [0.25, 0.3) is 0 Å². The molecule has 0 bridgehead atoms. The van der Waals surface area contributed by atoms with Crippen molar-refractivity contribution in [1.82, 2.24) is 15.1 Å². The normalized spacial score (nSPS) is 32.7. The number of aliphatic hydroxyl groups excluding tert-OH is 1. The Morgan fingerprint density at radius 3 is 2.61 bits per heavy atom. The summed E-state index contributed by atoms with van der Waals surface area (Å²) in [5.41, 5.74) is -0.679. The average molecular weight is 566 g/mol. The molecule has 10 heteroatoms. The Kier molecular flexibility index (Phi) is 8.89. The van der Waals surface area contributed by atoms with Crippen LogP contribution in [0.15, 0.2) is 54.6 Å². The zero-order chi connectivity index (χ0) is 29.0. The van der Waals surface area contributed by atoms with E-state index in [4.69, 9.17) is 9.47 Å². The molecule has 0 aromatic heterocycles. The van der Waals surface area contributed by atoms with Gasteiger partial charge in [-0.15, -0.1) is 0 Å². The first-order chi connectivity index (χ1) is 19.9. The van der Waals surface area contributed by atoms with Crippen molar-refractivity contribution < 1.29 is 33.8 Å². The molecule has 3 amide bonds. The molecule has 41 heavy (non-hydrogen) atoms. The minimum absolute atomic E-state index is 0.0472. The van der Waals surface area contributed by atoms with E-state index in [9.17, 15) is 24.3 Å². The van der Waals surface area contributed by atoms with Gasteiger partial charge >= 0.3 is 5.97 Å². The van der Waals surface area contributed by atoms with Gasteiger partial charge in [-0.1, -0.05) is 74.4 Å². The van der Waals surface area contributed by atoms with E-state index in [0.717, 1.165) is 19.3 Å². The predicted molar refractivity (Wildman–Crippen MR) is 149 cm³/mol. The minimum atomic E-state index is -1.39. The highest BCUT2D eigenvalue weighted by Crippen LogP contribution is 2.53. The molecule has 10 nitrogen and oxygen atoms in total. The number of allylic oxidation sites excluding steroid dienone is 1. The van der Waals surface area contributed by atoms with Crippen LogP contribution in [0.1, 0.15) is 50.7 Å². The van der Waals surface area contributed by atoms with Gasteiger partial charge in [0.25, 0.3) is 0 Å². The quantitative estimate of drug-likeness (QED) is 0.294. The van der Waals surface area contributed by atoms with E-state index in [1.165, 1.54) is 4.90 Å². The van der Waals surface area contributed by atoms with Crippen molar-refractivity contribution in [3.05, 3.63) is 60.2 Å². The lowest BCUT2D eigenvalue weighted by Gasteiger charge is -2.35. The summed E-state index contributed by atoms with van der Waals surface area (Å²) in [4.78, 5) is 57.7. The molecule has 6 atom stereocenters. The highest BCUT2D eigenvalue weighted by Gasteiger charge is 2.71. The molecule has 1 spiro atoms. The zero-order valence-electron chi connectivity index (χ0n) is 23.4. The van der Waals surface area contributed by atoms with Crippen LogP contribution in [0, 0.1) is 11.8 Å². The van der Waals surface area contributed by atoms with Crippen LogP contribution in [0.2, 0.25) is 0 Å². The number of hydrogen-bond acceptors (Lipinski definition) is 7. The summed E-state index contributed by atoms with van der Waals surface area (Å²) in [6, 6.07) is 8.13. The highest BCUT2D eigenvalue weighted by molar-refractivity contribution is 5.99. The third-order valence-electron chi connectivity index (χ3n) is 8.50. The summed E-state index contributed by atoms with van der Waals surface area (Å²) in [5, 5.41) is 12.7. The van der Waals surface area contributed by atoms with Gasteiger partial charge in [0.2, 0.25) is 17.7 Å². The molecule has 0 saturated carbocycles. The first-order valence-electron chi connectivity index (χ1n) is 14.7. The fourth-order valence-electron chi connectivity index (χ4n) is 6.55. The molecule has 0 aliphatic carbocycles. The molecular weight excluding hydrogens is 526 g/mol. The first kappa shape index (κ1) is 29.0. The minimum Gasteiger partial charge on any atom is -0.455 e. The topological polar surface area (TPSA) is 125 Å². The summed E-state index contributed by atoms with van der Waals surface area (Å²) in [5.74, 6) is -3.48. The van der Waals surface area contributed by atoms with Gasteiger partial charge in [-0.3, -0.25) is 19.2 Å². The Morgan fingerprint density at radius 2 is 1.85 bits per heavy atom. The standard InChI is InChI=1S/C31H39N3O7/c1-2-3-9-16-33-17-10-15-31-26(28(37)34(18-19-35)27(31)29(33)38)25-22(41-31)13-7-8-14-24(36)32-20-23(40-30(25)39)21-11-5-4-6-12-21/h4-7,10-13,15,22-23,25-27,35H,2-3,8-9,14,16-20H2,1H3,(H,32,36)/b13-7-/t22-,23+,25+,26+,27-,31+/m0/s1. The van der Waals surface area contributed by atoms with E-state index >= 15 is 0 Å². The number of ether oxygens (including phenoxy) is 2. The lowest BCUT2D eigenvalue weighted by Crippen LogP contribution is -2.55. The number of cyclic esters (lactones) is 1. The maximum Gasteiger partial charge on any atom is 0.313 e. The molecule has 5 rings (SSSR count). The van der Waals surface area contributed by atoms with E-state index < -0.39 is 47.6 Å². The Balaban J connectivity index is 1.54. The monoisotopic (exact) mass is 565 g/mol. The van der Waals surface area contributed by atoms with Gasteiger partial charge in [0.1, 0.15) is 23.7 Å². The third-order valence-corrected chi connectivity index (χ3v) is 8.50. The molecule has 4 aliphatic rings. The van der Waals surface area contributed by atoms with Crippen molar-refractivity contribution in [3.8, 4) is 0 Å². The molecular formula is C31H39N3O7. The van der Waals surface area contributed by atoms with E-state index in [0.29, 0.717) is 25.1 Å². The number of esters is 1. The predicted octanol–water partition coefficient (Wildman–Crippen LogP) is 1.90. The van der Waals surface area contributed by atoms with Gasteiger partial charge in [-0.25, -0.2) is 0 Å². The average Bonchev–Trinajstić information content (AvgIpc) is 3.35. The number of carbonyl (C=O) groups excluding carboxylic acids is 4.